The van der Waals surface area contributed by atoms with E-state index in [2.05, 4.69) is 10.3 Å². The summed E-state index contributed by atoms with van der Waals surface area (Å²) >= 11 is 0. The van der Waals surface area contributed by atoms with E-state index in [0.717, 1.165) is 31.2 Å². The molecule has 3 fully saturated rings. The lowest BCUT2D eigenvalue weighted by Gasteiger charge is -2.36. The van der Waals surface area contributed by atoms with Crippen LogP contribution >= 0.6 is 0 Å². The molecule has 2 saturated heterocycles. The summed E-state index contributed by atoms with van der Waals surface area (Å²) in [4.78, 5) is 65.4. The Morgan fingerprint density at radius 3 is 2.27 bits per heavy atom. The van der Waals surface area contributed by atoms with E-state index in [0.29, 0.717) is 63.9 Å². The number of rotatable bonds is 12. The van der Waals surface area contributed by atoms with Crippen molar-refractivity contribution in [3.63, 3.8) is 0 Å². The number of aromatic nitrogens is 2. The minimum atomic E-state index is -1.27. The second kappa shape index (κ2) is 14.6. The van der Waals surface area contributed by atoms with Crippen LogP contribution in [0.3, 0.4) is 0 Å². The van der Waals surface area contributed by atoms with Crippen LogP contribution in [-0.2, 0) is 14.3 Å². The van der Waals surface area contributed by atoms with Gasteiger partial charge >= 0.3 is 12.2 Å². The van der Waals surface area contributed by atoms with Crippen molar-refractivity contribution in [1.82, 2.24) is 25.1 Å². The molecule has 0 radical (unpaired) electrons. The van der Waals surface area contributed by atoms with Gasteiger partial charge in [-0.15, -0.1) is 0 Å². The van der Waals surface area contributed by atoms with Gasteiger partial charge in [-0.2, -0.15) is 0 Å². The maximum absolute atomic E-state index is 13.7. The second-order valence-electron chi connectivity index (χ2n) is 11.8. The summed E-state index contributed by atoms with van der Waals surface area (Å²) in [5.74, 6) is 0.466. The highest BCUT2D eigenvalue weighted by atomic mass is 16.7. The molecule has 13 heteroatoms. The van der Waals surface area contributed by atoms with Gasteiger partial charge < -0.3 is 34.6 Å². The monoisotopic (exact) mass is 622 g/mol. The lowest BCUT2D eigenvalue weighted by Crippen LogP contribution is -2.56. The first-order valence-electron chi connectivity index (χ1n) is 15.9. The molecule has 242 valence electrons. The molecule has 45 heavy (non-hydrogen) atoms. The SMILES string of the molecule is CCCCOC(=O)N1CCN(C(=O)[C@H](CCCC)NC(=O)c2cc(N3C[C@@H]4C(OC(=O)O)[C@@H]4C3)nc(-c3ccccc3)n2)CC1. The fourth-order valence-corrected chi connectivity index (χ4v) is 6.00. The van der Waals surface area contributed by atoms with Gasteiger partial charge in [0.2, 0.25) is 5.91 Å². The van der Waals surface area contributed by atoms with Crippen molar-refractivity contribution >= 4 is 29.9 Å². The topological polar surface area (TPSA) is 154 Å². The Kier molecular flexibility index (Phi) is 10.4. The van der Waals surface area contributed by atoms with Crippen LogP contribution in [-0.4, -0.2) is 107 Å². The highest BCUT2D eigenvalue weighted by Gasteiger charge is 2.59. The van der Waals surface area contributed by atoms with Gasteiger partial charge in [-0.1, -0.05) is 63.4 Å². The van der Waals surface area contributed by atoms with E-state index in [1.165, 1.54) is 0 Å². The number of ether oxygens (including phenoxy) is 2. The van der Waals surface area contributed by atoms with Crippen molar-refractivity contribution in [1.29, 1.82) is 0 Å². The van der Waals surface area contributed by atoms with Gasteiger partial charge in [0.15, 0.2) is 5.82 Å². The Morgan fingerprint density at radius 2 is 1.62 bits per heavy atom. The molecule has 2 aromatic rings. The van der Waals surface area contributed by atoms with E-state index in [-0.39, 0.29) is 35.6 Å². The minimum absolute atomic E-state index is 0.0863. The molecule has 0 spiro atoms. The first-order valence-corrected chi connectivity index (χ1v) is 15.9. The Morgan fingerprint density at radius 1 is 0.956 bits per heavy atom. The molecule has 1 aromatic heterocycles. The average Bonchev–Trinajstić information content (AvgIpc) is 3.47. The number of carboxylic acid groups (broad SMARTS) is 1. The lowest BCUT2D eigenvalue weighted by molar-refractivity contribution is -0.135. The van der Waals surface area contributed by atoms with Crippen molar-refractivity contribution in [3.8, 4) is 11.4 Å². The van der Waals surface area contributed by atoms with E-state index in [9.17, 15) is 19.2 Å². The van der Waals surface area contributed by atoms with E-state index in [1.807, 2.05) is 49.1 Å². The number of fused-ring (bicyclic) bond motifs is 1. The number of amides is 3. The van der Waals surface area contributed by atoms with Crippen LogP contribution < -0.4 is 10.2 Å². The van der Waals surface area contributed by atoms with Gasteiger partial charge in [-0.25, -0.2) is 19.6 Å². The number of hydrogen-bond donors (Lipinski definition) is 2. The molecular formula is C32H42N6O7. The summed E-state index contributed by atoms with van der Waals surface area (Å²) in [5, 5.41) is 11.9. The number of carbonyl (C=O) groups is 4. The minimum Gasteiger partial charge on any atom is -0.450 e. The van der Waals surface area contributed by atoms with Crippen LogP contribution in [0.15, 0.2) is 36.4 Å². The van der Waals surface area contributed by atoms with Crippen molar-refractivity contribution in [2.45, 2.75) is 58.1 Å². The molecule has 5 rings (SSSR count). The first kappa shape index (κ1) is 32.0. The number of unbranched alkanes of at least 4 members (excludes halogenated alkanes) is 2. The third-order valence-corrected chi connectivity index (χ3v) is 8.68. The molecule has 13 nitrogen and oxygen atoms in total. The summed E-state index contributed by atoms with van der Waals surface area (Å²) in [6.07, 6.45) is 1.89. The van der Waals surface area contributed by atoms with Crippen molar-refractivity contribution in [2.24, 2.45) is 11.8 Å². The molecule has 3 amide bonds. The Hall–Kier alpha value is -4.42. The summed E-state index contributed by atoms with van der Waals surface area (Å²) < 4.78 is 10.3. The maximum Gasteiger partial charge on any atom is 0.506 e. The van der Waals surface area contributed by atoms with Crippen LogP contribution in [0.25, 0.3) is 11.4 Å². The van der Waals surface area contributed by atoms with Gasteiger partial charge in [0, 0.05) is 62.7 Å². The number of nitrogens with zero attached hydrogens (tertiary/aromatic N) is 5. The first-order chi connectivity index (χ1) is 21.8. The quantitative estimate of drug-likeness (QED) is 0.265. The Bertz CT molecular complexity index is 1360. The molecule has 1 unspecified atom stereocenters. The Balaban J connectivity index is 1.28. The normalized spacial score (nSPS) is 21.1. The number of nitrogens with one attached hydrogen (secondary N) is 1. The Labute approximate surface area is 262 Å². The molecule has 3 aliphatic rings. The third kappa shape index (κ3) is 7.81. The zero-order chi connectivity index (χ0) is 31.9. The number of hydrogen-bond acceptors (Lipinski definition) is 9. The predicted octanol–water partition coefficient (Wildman–Crippen LogP) is 3.64. The summed E-state index contributed by atoms with van der Waals surface area (Å²) in [6, 6.07) is 10.2. The standard InChI is InChI=1S/C32H42N6O7/c1-3-5-12-24(30(40)36-13-15-37(16-14-36)31(41)44-17-6-4-2)34-29(39)25-18-26(35-28(33-25)21-10-8-7-9-11-21)38-19-22-23(20-38)27(22)45-32(42)43/h7-11,18,22-24,27H,3-6,12-17,19-20H2,1-2H3,(H,34,39)(H,42,43)/t22-,23+,24-,27?/m0/s1. The predicted molar refractivity (Wildman–Crippen MR) is 165 cm³/mol. The van der Waals surface area contributed by atoms with Crippen molar-refractivity contribution < 1.29 is 33.8 Å². The molecule has 2 N–H and O–H groups in total. The van der Waals surface area contributed by atoms with Crippen LogP contribution in [0, 0.1) is 11.8 Å². The average molecular weight is 623 g/mol. The summed E-state index contributed by atoms with van der Waals surface area (Å²) in [7, 11) is 0. The fourth-order valence-electron chi connectivity index (χ4n) is 6.00. The van der Waals surface area contributed by atoms with Crippen LogP contribution in [0.5, 0.6) is 0 Å². The molecule has 1 saturated carbocycles. The molecule has 4 atom stereocenters. The highest BCUT2D eigenvalue weighted by Crippen LogP contribution is 2.48. The van der Waals surface area contributed by atoms with Gasteiger partial charge in [-0.3, -0.25) is 9.59 Å². The molecule has 2 aliphatic heterocycles. The number of benzene rings is 1. The van der Waals surface area contributed by atoms with E-state index >= 15 is 0 Å². The fraction of sp³-hybridized carbons (Fsp3) is 0.562. The molecule has 1 aromatic carbocycles. The van der Waals surface area contributed by atoms with E-state index in [1.54, 1.807) is 15.9 Å². The molecule has 3 heterocycles. The number of piperidine rings is 1. The van der Waals surface area contributed by atoms with Crippen molar-refractivity contribution in [2.75, 3.05) is 50.8 Å². The van der Waals surface area contributed by atoms with Crippen LogP contribution in [0.4, 0.5) is 15.4 Å². The zero-order valence-electron chi connectivity index (χ0n) is 25.9. The lowest BCUT2D eigenvalue weighted by atomic mass is 10.1. The highest BCUT2D eigenvalue weighted by molar-refractivity contribution is 5.97. The van der Waals surface area contributed by atoms with Gasteiger partial charge in [0.25, 0.3) is 5.91 Å². The summed E-state index contributed by atoms with van der Waals surface area (Å²) in [6.45, 7) is 7.03. The van der Waals surface area contributed by atoms with Gasteiger partial charge in [0.1, 0.15) is 23.7 Å². The number of carbonyl (C=O) groups excluding carboxylic acids is 3. The maximum atomic E-state index is 13.7. The van der Waals surface area contributed by atoms with Gasteiger partial charge in [0.05, 0.1) is 6.61 Å². The zero-order valence-corrected chi connectivity index (χ0v) is 25.9. The second-order valence-corrected chi connectivity index (χ2v) is 11.8. The third-order valence-electron chi connectivity index (χ3n) is 8.68. The largest absolute Gasteiger partial charge is 0.506 e. The number of anilines is 1. The van der Waals surface area contributed by atoms with Crippen molar-refractivity contribution in [3.05, 3.63) is 42.1 Å². The molecular weight excluding hydrogens is 580 g/mol. The summed E-state index contributed by atoms with van der Waals surface area (Å²) in [5.41, 5.74) is 0.890. The number of piperazine rings is 1. The molecule has 0 bridgehead atoms. The van der Waals surface area contributed by atoms with Gasteiger partial charge in [-0.05, 0) is 12.8 Å². The van der Waals surface area contributed by atoms with Crippen LogP contribution in [0.1, 0.15) is 56.4 Å². The molecule has 1 aliphatic carbocycles. The smallest absolute Gasteiger partial charge is 0.450 e. The van der Waals surface area contributed by atoms with E-state index < -0.39 is 18.1 Å². The van der Waals surface area contributed by atoms with Crippen LogP contribution in [0.2, 0.25) is 0 Å². The van der Waals surface area contributed by atoms with E-state index in [4.69, 9.17) is 19.6 Å².